The maximum atomic E-state index is 12.6. The van der Waals surface area contributed by atoms with Gasteiger partial charge in [-0.1, -0.05) is 23.7 Å². The van der Waals surface area contributed by atoms with Gasteiger partial charge >= 0.3 is 0 Å². The number of fused-ring (bicyclic) bond motifs is 1. The largest absolute Gasteiger partial charge is 0.344 e. The highest BCUT2D eigenvalue weighted by molar-refractivity contribution is 7.84. The SMILES string of the molecule is CC(NC(=O)c1cc2ccc(Cl)cc2n1C)c1ccc(S(C)=O)nc1. The van der Waals surface area contributed by atoms with E-state index >= 15 is 0 Å². The van der Waals surface area contributed by atoms with Gasteiger partial charge < -0.3 is 9.88 Å². The Hall–Kier alpha value is -2.18. The van der Waals surface area contributed by atoms with Gasteiger partial charge in [-0.05, 0) is 36.8 Å². The van der Waals surface area contributed by atoms with Gasteiger partial charge in [0.25, 0.3) is 5.91 Å². The first kappa shape index (κ1) is 17.6. The maximum Gasteiger partial charge on any atom is 0.268 e. The van der Waals surface area contributed by atoms with Gasteiger partial charge in [0, 0.05) is 35.4 Å². The van der Waals surface area contributed by atoms with Crippen molar-refractivity contribution in [3.63, 3.8) is 0 Å². The topological polar surface area (TPSA) is 64.0 Å². The Morgan fingerprint density at radius 2 is 2.04 bits per heavy atom. The number of nitrogens with one attached hydrogen (secondary N) is 1. The van der Waals surface area contributed by atoms with E-state index in [1.807, 2.05) is 42.8 Å². The average Bonchev–Trinajstić information content (AvgIpc) is 2.91. The van der Waals surface area contributed by atoms with Crippen LogP contribution >= 0.6 is 11.6 Å². The highest BCUT2D eigenvalue weighted by atomic mass is 35.5. The van der Waals surface area contributed by atoms with Crippen molar-refractivity contribution >= 4 is 39.2 Å². The molecule has 0 saturated carbocycles. The Balaban J connectivity index is 1.82. The zero-order valence-corrected chi connectivity index (χ0v) is 15.7. The molecule has 1 aromatic carbocycles. The molecule has 25 heavy (non-hydrogen) atoms. The lowest BCUT2D eigenvalue weighted by Crippen LogP contribution is -2.28. The van der Waals surface area contributed by atoms with Gasteiger partial charge in [0.2, 0.25) is 0 Å². The third-order valence-electron chi connectivity index (χ3n) is 4.14. The number of carbonyl (C=O) groups is 1. The number of halogens is 1. The predicted octanol–water partition coefficient (Wildman–Crippen LogP) is 3.46. The second-order valence-corrected chi connectivity index (χ2v) is 7.63. The minimum Gasteiger partial charge on any atom is -0.344 e. The molecule has 2 aromatic heterocycles. The number of pyridine rings is 1. The monoisotopic (exact) mass is 375 g/mol. The average molecular weight is 376 g/mol. The molecule has 0 aliphatic rings. The fraction of sp³-hybridized carbons (Fsp3) is 0.222. The number of aromatic nitrogens is 2. The lowest BCUT2D eigenvalue weighted by Gasteiger charge is -2.14. The van der Waals surface area contributed by atoms with E-state index in [0.717, 1.165) is 16.5 Å². The Morgan fingerprint density at radius 3 is 2.68 bits per heavy atom. The molecule has 0 aliphatic heterocycles. The van der Waals surface area contributed by atoms with Crippen LogP contribution in [0.4, 0.5) is 0 Å². The number of nitrogens with zero attached hydrogens (tertiary/aromatic N) is 2. The second kappa shape index (κ2) is 6.98. The lowest BCUT2D eigenvalue weighted by molar-refractivity contribution is 0.0932. The summed E-state index contributed by atoms with van der Waals surface area (Å²) in [5.41, 5.74) is 2.31. The molecule has 130 valence electrons. The molecule has 0 radical (unpaired) electrons. The molecule has 1 N–H and O–H groups in total. The Labute approximate surface area is 153 Å². The first-order chi connectivity index (χ1) is 11.9. The molecule has 2 unspecified atom stereocenters. The van der Waals surface area contributed by atoms with Crippen LogP contribution in [0.5, 0.6) is 0 Å². The van der Waals surface area contributed by atoms with Crippen LogP contribution in [0.25, 0.3) is 10.9 Å². The molecular formula is C18H18ClN3O2S. The number of rotatable bonds is 4. The number of aryl methyl sites for hydroxylation is 1. The van der Waals surface area contributed by atoms with Crippen molar-refractivity contribution in [3.05, 3.63) is 58.9 Å². The molecule has 2 heterocycles. The Kier molecular flexibility index (Phi) is 4.92. The first-order valence-corrected chi connectivity index (χ1v) is 9.65. The third kappa shape index (κ3) is 3.60. The summed E-state index contributed by atoms with van der Waals surface area (Å²) in [5, 5.41) is 5.08. The zero-order chi connectivity index (χ0) is 18.1. The van der Waals surface area contributed by atoms with Crippen LogP contribution in [0.1, 0.15) is 29.0 Å². The molecule has 7 heteroatoms. The van der Waals surface area contributed by atoms with Crippen LogP contribution in [0, 0.1) is 0 Å². The summed E-state index contributed by atoms with van der Waals surface area (Å²) in [6, 6.07) is 10.7. The van der Waals surface area contributed by atoms with Crippen molar-refractivity contribution in [2.24, 2.45) is 7.05 Å². The molecule has 0 spiro atoms. The van der Waals surface area contributed by atoms with Gasteiger partial charge in [-0.15, -0.1) is 0 Å². The molecule has 2 atom stereocenters. The van der Waals surface area contributed by atoms with Crippen LogP contribution in [0.15, 0.2) is 47.6 Å². The summed E-state index contributed by atoms with van der Waals surface area (Å²) in [4.78, 5) is 16.8. The Morgan fingerprint density at radius 1 is 1.28 bits per heavy atom. The summed E-state index contributed by atoms with van der Waals surface area (Å²) in [6.07, 6.45) is 3.22. The maximum absolute atomic E-state index is 12.6. The number of hydrogen-bond donors (Lipinski definition) is 1. The summed E-state index contributed by atoms with van der Waals surface area (Å²) < 4.78 is 13.2. The second-order valence-electron chi connectivity index (χ2n) is 5.87. The van der Waals surface area contributed by atoms with Crippen molar-refractivity contribution in [1.29, 1.82) is 0 Å². The molecular weight excluding hydrogens is 358 g/mol. The normalized spacial score (nSPS) is 13.6. The van der Waals surface area contributed by atoms with Crippen molar-refractivity contribution in [2.45, 2.75) is 18.0 Å². The van der Waals surface area contributed by atoms with E-state index in [2.05, 4.69) is 10.3 Å². The van der Waals surface area contributed by atoms with Gasteiger partial charge in [-0.25, -0.2) is 4.98 Å². The van der Waals surface area contributed by atoms with E-state index in [9.17, 15) is 9.00 Å². The minimum atomic E-state index is -1.12. The Bertz CT molecular complexity index is 966. The quantitative estimate of drug-likeness (QED) is 0.759. The minimum absolute atomic E-state index is 0.175. The molecule has 0 aliphatic carbocycles. The molecule has 3 rings (SSSR count). The van der Waals surface area contributed by atoms with Crippen LogP contribution in [0.3, 0.4) is 0 Å². The predicted molar refractivity (Wildman–Crippen MR) is 100 cm³/mol. The standard InChI is InChI=1S/C18H18ClN3O2S/c1-11(13-5-7-17(20-10-13)25(3)24)21-18(23)16-8-12-4-6-14(19)9-15(12)22(16)2/h4-11H,1-3H3,(H,21,23). The highest BCUT2D eigenvalue weighted by Crippen LogP contribution is 2.23. The molecule has 5 nitrogen and oxygen atoms in total. The molecule has 0 fully saturated rings. The smallest absolute Gasteiger partial charge is 0.268 e. The first-order valence-electron chi connectivity index (χ1n) is 7.72. The van der Waals surface area contributed by atoms with Crippen molar-refractivity contribution in [3.8, 4) is 0 Å². The number of amides is 1. The lowest BCUT2D eigenvalue weighted by atomic mass is 10.1. The van der Waals surface area contributed by atoms with Crippen molar-refractivity contribution in [2.75, 3.05) is 6.26 Å². The van der Waals surface area contributed by atoms with Gasteiger partial charge in [0.15, 0.2) is 0 Å². The van der Waals surface area contributed by atoms with E-state index in [1.165, 1.54) is 0 Å². The van der Waals surface area contributed by atoms with Crippen LogP contribution in [-0.2, 0) is 17.8 Å². The van der Waals surface area contributed by atoms with E-state index in [4.69, 9.17) is 11.6 Å². The van der Waals surface area contributed by atoms with Gasteiger partial charge in [-0.2, -0.15) is 0 Å². The van der Waals surface area contributed by atoms with Gasteiger partial charge in [0.05, 0.1) is 16.8 Å². The summed E-state index contributed by atoms with van der Waals surface area (Å²) in [7, 11) is 0.721. The summed E-state index contributed by atoms with van der Waals surface area (Å²) >= 11 is 6.04. The molecule has 3 aromatic rings. The van der Waals surface area contributed by atoms with Gasteiger partial charge in [-0.3, -0.25) is 9.00 Å². The highest BCUT2D eigenvalue weighted by Gasteiger charge is 2.17. The van der Waals surface area contributed by atoms with Crippen LogP contribution in [0.2, 0.25) is 5.02 Å². The fourth-order valence-corrected chi connectivity index (χ4v) is 3.32. The molecule has 0 saturated heterocycles. The van der Waals surface area contributed by atoms with E-state index in [-0.39, 0.29) is 11.9 Å². The van der Waals surface area contributed by atoms with Crippen LogP contribution < -0.4 is 5.32 Å². The number of carbonyl (C=O) groups excluding carboxylic acids is 1. The summed E-state index contributed by atoms with van der Waals surface area (Å²) in [5.74, 6) is -0.175. The number of hydrogen-bond acceptors (Lipinski definition) is 3. The van der Waals surface area contributed by atoms with E-state index < -0.39 is 10.8 Å². The fourth-order valence-electron chi connectivity index (χ4n) is 2.69. The number of benzene rings is 1. The molecule has 1 amide bonds. The van der Waals surface area contributed by atoms with Crippen LogP contribution in [-0.4, -0.2) is 25.9 Å². The summed E-state index contributed by atoms with van der Waals surface area (Å²) in [6.45, 7) is 1.89. The van der Waals surface area contributed by atoms with E-state index in [0.29, 0.717) is 15.7 Å². The molecule has 0 bridgehead atoms. The van der Waals surface area contributed by atoms with Crippen molar-refractivity contribution in [1.82, 2.24) is 14.9 Å². The third-order valence-corrected chi connectivity index (χ3v) is 5.21. The zero-order valence-electron chi connectivity index (χ0n) is 14.1. The van der Waals surface area contributed by atoms with E-state index in [1.54, 1.807) is 24.6 Å². The van der Waals surface area contributed by atoms with Crippen molar-refractivity contribution < 1.29 is 9.00 Å². The van der Waals surface area contributed by atoms with Gasteiger partial charge in [0.1, 0.15) is 10.7 Å².